The normalized spacial score (nSPS) is 10.0. The monoisotopic (exact) mass is 233 g/mol. The first-order valence-electron chi connectivity index (χ1n) is 4.88. The number of aryl methyl sites for hydroxylation is 1. The van der Waals surface area contributed by atoms with Gasteiger partial charge in [-0.15, -0.1) is 5.10 Å². The van der Waals surface area contributed by atoms with Gasteiger partial charge < -0.3 is 5.32 Å². The van der Waals surface area contributed by atoms with E-state index in [1.54, 1.807) is 26.2 Å². The third kappa shape index (κ3) is 2.54. The van der Waals surface area contributed by atoms with Crippen molar-refractivity contribution in [1.29, 1.82) is 0 Å². The lowest BCUT2D eigenvalue weighted by Gasteiger charge is -2.01. The van der Waals surface area contributed by atoms with Crippen molar-refractivity contribution in [2.24, 2.45) is 7.05 Å². The SMILES string of the molecule is CNc1ccc(C(=O)Nc2nnn(C)n2)cn1. The van der Waals surface area contributed by atoms with Crippen LogP contribution in [0.1, 0.15) is 10.4 Å². The molecule has 88 valence electrons. The average Bonchev–Trinajstić information content (AvgIpc) is 2.75. The third-order valence-electron chi connectivity index (χ3n) is 2.02. The van der Waals surface area contributed by atoms with Crippen molar-refractivity contribution in [2.75, 3.05) is 17.7 Å². The first-order valence-corrected chi connectivity index (χ1v) is 4.88. The number of aromatic nitrogens is 5. The highest BCUT2D eigenvalue weighted by Crippen LogP contribution is 2.05. The third-order valence-corrected chi connectivity index (χ3v) is 2.02. The fourth-order valence-electron chi connectivity index (χ4n) is 1.18. The zero-order valence-electron chi connectivity index (χ0n) is 9.38. The van der Waals surface area contributed by atoms with Crippen LogP contribution in [0.15, 0.2) is 18.3 Å². The molecule has 0 radical (unpaired) electrons. The van der Waals surface area contributed by atoms with Crippen molar-refractivity contribution >= 4 is 17.7 Å². The Morgan fingerprint density at radius 2 is 2.24 bits per heavy atom. The molecule has 0 bridgehead atoms. The molecule has 0 spiro atoms. The Morgan fingerprint density at radius 3 is 2.76 bits per heavy atom. The number of carbonyl (C=O) groups is 1. The molecule has 0 aliphatic heterocycles. The molecule has 0 saturated carbocycles. The predicted octanol–water partition coefficient (Wildman–Crippen LogP) is -0.101. The van der Waals surface area contributed by atoms with Gasteiger partial charge in [0.05, 0.1) is 12.6 Å². The van der Waals surface area contributed by atoms with Crippen LogP contribution >= 0.6 is 0 Å². The molecule has 2 rings (SSSR count). The van der Waals surface area contributed by atoms with E-state index in [9.17, 15) is 4.79 Å². The summed E-state index contributed by atoms with van der Waals surface area (Å²) in [5.41, 5.74) is 0.427. The highest BCUT2D eigenvalue weighted by atomic mass is 16.1. The van der Waals surface area contributed by atoms with Crippen molar-refractivity contribution in [3.63, 3.8) is 0 Å². The number of pyridine rings is 1. The topological polar surface area (TPSA) is 97.6 Å². The summed E-state index contributed by atoms with van der Waals surface area (Å²) >= 11 is 0. The van der Waals surface area contributed by atoms with Crippen molar-refractivity contribution in [1.82, 2.24) is 25.2 Å². The van der Waals surface area contributed by atoms with Crippen LogP contribution in [0, 0.1) is 0 Å². The molecule has 2 N–H and O–H groups in total. The van der Waals surface area contributed by atoms with E-state index in [0.29, 0.717) is 11.4 Å². The summed E-state index contributed by atoms with van der Waals surface area (Å²) in [5.74, 6) is 0.530. The Kier molecular flexibility index (Phi) is 2.95. The molecule has 17 heavy (non-hydrogen) atoms. The maximum absolute atomic E-state index is 11.7. The molecule has 2 heterocycles. The minimum atomic E-state index is -0.326. The summed E-state index contributed by atoms with van der Waals surface area (Å²) in [6, 6.07) is 3.36. The lowest BCUT2D eigenvalue weighted by atomic mass is 10.2. The molecule has 2 aromatic heterocycles. The molecule has 0 fully saturated rings. The number of nitrogens with zero attached hydrogens (tertiary/aromatic N) is 5. The van der Waals surface area contributed by atoms with E-state index in [0.717, 1.165) is 0 Å². The second-order valence-corrected chi connectivity index (χ2v) is 3.24. The second-order valence-electron chi connectivity index (χ2n) is 3.24. The number of hydrogen-bond acceptors (Lipinski definition) is 6. The van der Waals surface area contributed by atoms with Crippen LogP contribution in [0.2, 0.25) is 0 Å². The maximum atomic E-state index is 11.7. The van der Waals surface area contributed by atoms with Crippen LogP contribution in [0.3, 0.4) is 0 Å². The predicted molar refractivity (Wildman–Crippen MR) is 60.5 cm³/mol. The maximum Gasteiger partial charge on any atom is 0.270 e. The number of carbonyl (C=O) groups excluding carboxylic acids is 1. The molecule has 0 aliphatic carbocycles. The van der Waals surface area contributed by atoms with E-state index in [1.807, 2.05) is 0 Å². The number of nitrogens with one attached hydrogen (secondary N) is 2. The Hall–Kier alpha value is -2.51. The first kappa shape index (κ1) is 11.0. The van der Waals surface area contributed by atoms with E-state index in [-0.39, 0.29) is 11.9 Å². The van der Waals surface area contributed by atoms with Crippen LogP contribution in [-0.4, -0.2) is 38.1 Å². The van der Waals surface area contributed by atoms with Gasteiger partial charge in [-0.05, 0) is 17.3 Å². The van der Waals surface area contributed by atoms with Crippen molar-refractivity contribution in [3.05, 3.63) is 23.9 Å². The molecule has 0 saturated heterocycles. The molecule has 0 aromatic carbocycles. The summed E-state index contributed by atoms with van der Waals surface area (Å²) in [6.45, 7) is 0. The summed E-state index contributed by atoms with van der Waals surface area (Å²) in [5, 5.41) is 16.5. The Labute approximate surface area is 97.0 Å². The minimum absolute atomic E-state index is 0.162. The molecule has 8 nitrogen and oxygen atoms in total. The Morgan fingerprint density at radius 1 is 1.41 bits per heavy atom. The highest BCUT2D eigenvalue weighted by molar-refractivity contribution is 6.03. The van der Waals surface area contributed by atoms with Gasteiger partial charge in [-0.3, -0.25) is 10.1 Å². The smallest absolute Gasteiger partial charge is 0.270 e. The van der Waals surface area contributed by atoms with Gasteiger partial charge in [0.15, 0.2) is 0 Å². The lowest BCUT2D eigenvalue weighted by Crippen LogP contribution is -2.13. The number of rotatable bonds is 3. The Bertz CT molecular complexity index is 518. The van der Waals surface area contributed by atoms with E-state index < -0.39 is 0 Å². The average molecular weight is 233 g/mol. The number of hydrogen-bond donors (Lipinski definition) is 2. The number of tetrazole rings is 1. The van der Waals surface area contributed by atoms with Crippen LogP contribution in [-0.2, 0) is 7.05 Å². The molecule has 0 atom stereocenters. The molecular weight excluding hydrogens is 222 g/mol. The number of anilines is 2. The van der Waals surface area contributed by atoms with E-state index >= 15 is 0 Å². The van der Waals surface area contributed by atoms with Gasteiger partial charge in [-0.1, -0.05) is 5.10 Å². The van der Waals surface area contributed by atoms with E-state index in [2.05, 4.69) is 31.0 Å². The fourth-order valence-corrected chi connectivity index (χ4v) is 1.18. The number of amides is 1. The van der Waals surface area contributed by atoms with E-state index in [4.69, 9.17) is 0 Å². The zero-order chi connectivity index (χ0) is 12.3. The molecule has 0 aliphatic rings. The molecular formula is C9H11N7O. The lowest BCUT2D eigenvalue weighted by molar-refractivity contribution is 0.102. The van der Waals surface area contributed by atoms with Gasteiger partial charge in [0, 0.05) is 13.2 Å². The molecule has 2 aromatic rings. The fraction of sp³-hybridized carbons (Fsp3) is 0.222. The van der Waals surface area contributed by atoms with Gasteiger partial charge in [0.2, 0.25) is 0 Å². The summed E-state index contributed by atoms with van der Waals surface area (Å²) in [4.78, 5) is 17.0. The minimum Gasteiger partial charge on any atom is -0.373 e. The second kappa shape index (κ2) is 4.56. The van der Waals surface area contributed by atoms with Gasteiger partial charge in [0.25, 0.3) is 11.9 Å². The van der Waals surface area contributed by atoms with Crippen LogP contribution in [0.5, 0.6) is 0 Å². The van der Waals surface area contributed by atoms with Crippen molar-refractivity contribution < 1.29 is 4.79 Å². The summed E-state index contributed by atoms with van der Waals surface area (Å²) in [7, 11) is 3.37. The van der Waals surface area contributed by atoms with Crippen molar-refractivity contribution in [2.45, 2.75) is 0 Å². The zero-order valence-corrected chi connectivity index (χ0v) is 9.38. The molecule has 8 heteroatoms. The summed E-state index contributed by atoms with van der Waals surface area (Å²) in [6.07, 6.45) is 1.47. The van der Waals surface area contributed by atoms with Gasteiger partial charge in [-0.2, -0.15) is 4.80 Å². The van der Waals surface area contributed by atoms with Gasteiger partial charge in [0.1, 0.15) is 5.82 Å². The Balaban J connectivity index is 2.09. The van der Waals surface area contributed by atoms with Crippen LogP contribution in [0.4, 0.5) is 11.8 Å². The highest BCUT2D eigenvalue weighted by Gasteiger charge is 2.09. The molecule has 1 amide bonds. The quantitative estimate of drug-likeness (QED) is 0.768. The summed E-state index contributed by atoms with van der Waals surface area (Å²) < 4.78 is 0. The van der Waals surface area contributed by atoms with Gasteiger partial charge >= 0.3 is 0 Å². The molecule has 0 unspecified atom stereocenters. The van der Waals surface area contributed by atoms with Gasteiger partial charge in [-0.25, -0.2) is 4.98 Å². The van der Waals surface area contributed by atoms with E-state index in [1.165, 1.54) is 11.0 Å². The van der Waals surface area contributed by atoms with Crippen LogP contribution in [0.25, 0.3) is 0 Å². The van der Waals surface area contributed by atoms with Crippen LogP contribution < -0.4 is 10.6 Å². The van der Waals surface area contributed by atoms with Crippen molar-refractivity contribution in [3.8, 4) is 0 Å². The largest absolute Gasteiger partial charge is 0.373 e. The first-order chi connectivity index (χ1) is 8.19. The standard InChI is InChI=1S/C9H11N7O/c1-10-7-4-3-6(5-11-7)8(17)12-9-13-15-16(2)14-9/h3-5H,1-2H3,(H,10,11)(H,12,14,17).